The maximum Gasteiger partial charge on any atom is 0.420 e. The Morgan fingerprint density at radius 2 is 2.05 bits per heavy atom. The van der Waals surface area contributed by atoms with Gasteiger partial charge in [-0.25, -0.2) is 14.6 Å². The average Bonchev–Trinajstić information content (AvgIpc) is 2.77. The first-order valence-corrected chi connectivity index (χ1v) is 5.94. The molecule has 0 amide bonds. The molecule has 0 atom stereocenters. The minimum Gasteiger partial charge on any atom is -0.387 e. The number of rotatable bonds is 2. The smallest absolute Gasteiger partial charge is 0.387 e. The fourth-order valence-corrected chi connectivity index (χ4v) is 1.73. The van der Waals surface area contributed by atoms with Gasteiger partial charge in [-0.2, -0.15) is 13.2 Å². The molecule has 10 heteroatoms. The van der Waals surface area contributed by atoms with E-state index in [0.717, 1.165) is 17.1 Å². The Hall–Kier alpha value is -1.55. The summed E-state index contributed by atoms with van der Waals surface area (Å²) in [5.74, 6) is -0.418. The van der Waals surface area contributed by atoms with E-state index >= 15 is 0 Å². The number of nitrogens with two attached hydrogens (primary N) is 1. The molecular formula is C9H5BrF3N5S. The predicted molar refractivity (Wildman–Crippen MR) is 67.7 cm³/mol. The van der Waals surface area contributed by atoms with Gasteiger partial charge < -0.3 is 5.73 Å². The number of hydrogen-bond acceptors (Lipinski definition) is 4. The monoisotopic (exact) mass is 351 g/mol. The summed E-state index contributed by atoms with van der Waals surface area (Å²) in [4.78, 5) is 7.29. The normalized spacial score (nSPS) is 11.6. The number of aromatic nitrogens is 4. The van der Waals surface area contributed by atoms with Gasteiger partial charge in [0.2, 0.25) is 5.82 Å². The number of nitrogens with zero attached hydrogens (tertiary/aromatic N) is 4. The predicted octanol–water partition coefficient (Wildman–Crippen LogP) is 2.08. The maximum atomic E-state index is 12.9. The van der Waals surface area contributed by atoms with Crippen molar-refractivity contribution in [1.29, 1.82) is 0 Å². The lowest BCUT2D eigenvalue weighted by atomic mass is 10.2. The van der Waals surface area contributed by atoms with Gasteiger partial charge in [0.25, 0.3) is 0 Å². The van der Waals surface area contributed by atoms with Crippen LogP contribution in [0.5, 0.6) is 0 Å². The van der Waals surface area contributed by atoms with Crippen molar-refractivity contribution in [3.63, 3.8) is 0 Å². The number of hydrogen-bond donors (Lipinski definition) is 1. The molecule has 0 fully saturated rings. The summed E-state index contributed by atoms with van der Waals surface area (Å²) in [7, 11) is 0. The Morgan fingerprint density at radius 3 is 2.58 bits per heavy atom. The summed E-state index contributed by atoms with van der Waals surface area (Å²) < 4.78 is 39.8. The summed E-state index contributed by atoms with van der Waals surface area (Å²) >= 11 is 7.58. The zero-order valence-electron chi connectivity index (χ0n) is 9.02. The lowest BCUT2D eigenvalue weighted by Gasteiger charge is -2.11. The average molecular weight is 352 g/mol. The molecule has 0 aliphatic heterocycles. The molecule has 2 N–H and O–H groups in total. The fraction of sp³-hybridized carbons (Fsp3) is 0.111. The second kappa shape index (κ2) is 4.85. The van der Waals surface area contributed by atoms with Crippen molar-refractivity contribution in [2.24, 2.45) is 5.73 Å². The van der Waals surface area contributed by atoms with Crippen molar-refractivity contribution in [1.82, 2.24) is 19.7 Å². The highest BCUT2D eigenvalue weighted by atomic mass is 79.9. The number of thiocarbonyl (C=S) groups is 1. The van der Waals surface area contributed by atoms with Gasteiger partial charge in [0.05, 0.1) is 0 Å². The van der Waals surface area contributed by atoms with Gasteiger partial charge >= 0.3 is 6.18 Å². The highest BCUT2D eigenvalue weighted by Gasteiger charge is 2.35. The lowest BCUT2D eigenvalue weighted by molar-refractivity contribution is -0.137. The zero-order valence-corrected chi connectivity index (χ0v) is 11.4. The second-order valence-corrected chi connectivity index (χ2v) is 4.75. The van der Waals surface area contributed by atoms with Gasteiger partial charge in [0.1, 0.15) is 16.9 Å². The summed E-state index contributed by atoms with van der Waals surface area (Å²) in [5, 5.41) is 3.75. The molecule has 0 aromatic carbocycles. The molecule has 100 valence electrons. The van der Waals surface area contributed by atoms with Crippen LogP contribution >= 0.6 is 28.1 Å². The van der Waals surface area contributed by atoms with Gasteiger partial charge in [-0.1, -0.05) is 12.2 Å². The molecule has 0 spiro atoms. The molecule has 0 unspecified atom stereocenters. The third-order valence-corrected chi connectivity index (χ3v) is 2.68. The summed E-state index contributed by atoms with van der Waals surface area (Å²) in [6.07, 6.45) is -2.27. The van der Waals surface area contributed by atoms with Crippen molar-refractivity contribution in [2.75, 3.05) is 0 Å². The first kappa shape index (κ1) is 13.9. The molecule has 0 radical (unpaired) electrons. The Balaban J connectivity index is 2.58. The van der Waals surface area contributed by atoms with Gasteiger partial charge in [-0.05, 0) is 22.0 Å². The second-order valence-electron chi connectivity index (χ2n) is 3.40. The molecular weight excluding hydrogens is 347 g/mol. The van der Waals surface area contributed by atoms with Crippen LogP contribution in [0, 0.1) is 0 Å². The van der Waals surface area contributed by atoms with Crippen LogP contribution in [0.15, 0.2) is 23.1 Å². The lowest BCUT2D eigenvalue weighted by Crippen LogP contribution is -2.15. The molecule has 0 aliphatic carbocycles. The topological polar surface area (TPSA) is 69.6 Å². The van der Waals surface area contributed by atoms with Gasteiger partial charge in [-0.3, -0.25) is 0 Å². The van der Waals surface area contributed by atoms with Crippen molar-refractivity contribution in [3.05, 3.63) is 34.5 Å². The molecule has 2 heterocycles. The highest BCUT2D eigenvalue weighted by molar-refractivity contribution is 9.10. The number of alkyl halides is 3. The van der Waals surface area contributed by atoms with Crippen LogP contribution in [0.1, 0.15) is 11.4 Å². The van der Waals surface area contributed by atoms with Crippen LogP contribution < -0.4 is 5.73 Å². The summed E-state index contributed by atoms with van der Waals surface area (Å²) in [6.45, 7) is 0. The van der Waals surface area contributed by atoms with Gasteiger partial charge in [0, 0.05) is 10.7 Å². The van der Waals surface area contributed by atoms with E-state index in [-0.39, 0.29) is 15.3 Å². The van der Waals surface area contributed by atoms with Crippen LogP contribution in [0.2, 0.25) is 0 Å². The van der Waals surface area contributed by atoms with Crippen LogP contribution in [0.4, 0.5) is 13.2 Å². The van der Waals surface area contributed by atoms with E-state index in [9.17, 15) is 13.2 Å². The third-order valence-electron chi connectivity index (χ3n) is 2.07. The molecule has 2 rings (SSSR count). The van der Waals surface area contributed by atoms with Crippen molar-refractivity contribution >= 4 is 33.1 Å². The van der Waals surface area contributed by atoms with Gasteiger partial charge in [-0.15, -0.1) is 5.10 Å². The van der Waals surface area contributed by atoms with Crippen LogP contribution in [0.3, 0.4) is 0 Å². The minimum absolute atomic E-state index is 0.0205. The Labute approximate surface area is 118 Å². The van der Waals surface area contributed by atoms with E-state index < -0.39 is 17.6 Å². The number of pyridine rings is 1. The van der Waals surface area contributed by atoms with E-state index in [1.165, 1.54) is 6.20 Å². The molecule has 0 aliphatic rings. The van der Waals surface area contributed by atoms with Crippen LogP contribution in [-0.4, -0.2) is 24.7 Å². The summed E-state index contributed by atoms with van der Waals surface area (Å²) in [6, 6.07) is 0.907. The molecule has 0 bridgehead atoms. The molecule has 2 aromatic heterocycles. The van der Waals surface area contributed by atoms with Crippen LogP contribution in [0.25, 0.3) is 5.82 Å². The third kappa shape index (κ3) is 2.89. The van der Waals surface area contributed by atoms with E-state index in [0.29, 0.717) is 0 Å². The maximum absolute atomic E-state index is 12.9. The Bertz CT molecular complexity index is 639. The first-order valence-electron chi connectivity index (χ1n) is 4.73. The van der Waals surface area contributed by atoms with E-state index in [4.69, 9.17) is 5.73 Å². The van der Waals surface area contributed by atoms with Gasteiger partial charge in [0.15, 0.2) is 5.82 Å². The number of halogens is 4. The van der Waals surface area contributed by atoms with E-state index in [2.05, 4.69) is 43.2 Å². The SMILES string of the molecule is NC(=S)c1ncn(-c2ncc(Br)cc2C(F)(F)F)n1. The Kier molecular flexibility index (Phi) is 3.54. The van der Waals surface area contributed by atoms with Crippen LogP contribution in [-0.2, 0) is 6.18 Å². The van der Waals surface area contributed by atoms with E-state index in [1.54, 1.807) is 0 Å². The standard InChI is InChI=1S/C9H5BrF3N5S/c10-4-1-5(9(11,12)13)8(15-2-4)18-3-16-7(17-18)6(14)19/h1-3H,(H2,14,19). The minimum atomic E-state index is -4.57. The van der Waals surface area contributed by atoms with Crippen molar-refractivity contribution in [2.45, 2.75) is 6.18 Å². The van der Waals surface area contributed by atoms with Crippen molar-refractivity contribution < 1.29 is 13.2 Å². The largest absolute Gasteiger partial charge is 0.420 e. The molecule has 19 heavy (non-hydrogen) atoms. The quantitative estimate of drug-likeness (QED) is 0.839. The first-order chi connectivity index (χ1) is 8.79. The Morgan fingerprint density at radius 1 is 1.37 bits per heavy atom. The molecule has 5 nitrogen and oxygen atoms in total. The highest BCUT2D eigenvalue weighted by Crippen LogP contribution is 2.34. The fourth-order valence-electron chi connectivity index (χ4n) is 1.30. The zero-order chi connectivity index (χ0) is 14.2. The molecule has 0 saturated heterocycles. The molecule has 0 saturated carbocycles. The summed E-state index contributed by atoms with van der Waals surface area (Å²) in [5.41, 5.74) is 4.35. The van der Waals surface area contributed by atoms with E-state index in [1.807, 2.05) is 0 Å². The van der Waals surface area contributed by atoms with Crippen molar-refractivity contribution in [3.8, 4) is 5.82 Å². The molecule has 2 aromatic rings.